The minimum Gasteiger partial charge on any atom is -0.310 e. The maximum Gasteiger partial charge on any atom is 0.0465 e. The lowest BCUT2D eigenvalue weighted by molar-refractivity contribution is 0.443. The van der Waals surface area contributed by atoms with E-state index >= 15 is 0 Å². The minimum absolute atomic E-state index is 0.0771. The molecule has 0 saturated heterocycles. The highest BCUT2D eigenvalue weighted by Crippen LogP contribution is 2.51. The Morgan fingerprint density at radius 2 is 0.793 bits per heavy atom. The van der Waals surface area contributed by atoms with Crippen LogP contribution in [0.15, 0.2) is 164 Å². The van der Waals surface area contributed by atoms with Crippen LogP contribution in [0.2, 0.25) is 0 Å². The van der Waals surface area contributed by atoms with E-state index in [2.05, 4.69) is 183 Å². The molecule has 7 aromatic carbocycles. The van der Waals surface area contributed by atoms with Crippen molar-refractivity contribution >= 4 is 17.1 Å². The van der Waals surface area contributed by atoms with E-state index in [9.17, 15) is 0 Å². The van der Waals surface area contributed by atoms with Gasteiger partial charge in [-0.3, -0.25) is 0 Å². The number of hydrogen-bond acceptors (Lipinski definition) is 1. The SMILES string of the molecule is CC1(C)c2ccccc2-c2ccc(N(c3ccc(-c4ccc(C5CCCCC5)cc4)cc3)c3ccc(-c4cccc(-c5ccc(C6CCCCC6)cc5)c4)cc3)cc21. The molecule has 1 nitrogen and oxygen atoms in total. The summed E-state index contributed by atoms with van der Waals surface area (Å²) in [5.41, 5.74) is 19.4. The van der Waals surface area contributed by atoms with Gasteiger partial charge in [0.25, 0.3) is 0 Å². The molecule has 10 rings (SSSR count). The molecule has 58 heavy (non-hydrogen) atoms. The third-order valence-corrected chi connectivity index (χ3v) is 13.9. The van der Waals surface area contributed by atoms with Gasteiger partial charge in [0, 0.05) is 22.5 Å². The number of rotatable bonds is 8. The van der Waals surface area contributed by atoms with Crippen molar-refractivity contribution < 1.29 is 0 Å². The zero-order chi connectivity index (χ0) is 39.1. The van der Waals surface area contributed by atoms with Crippen LogP contribution >= 0.6 is 0 Å². The second kappa shape index (κ2) is 15.6. The molecule has 7 aromatic rings. The Hall–Kier alpha value is -5.66. The van der Waals surface area contributed by atoms with Gasteiger partial charge in [-0.15, -0.1) is 0 Å². The van der Waals surface area contributed by atoms with E-state index in [-0.39, 0.29) is 5.41 Å². The molecule has 0 spiro atoms. The van der Waals surface area contributed by atoms with E-state index in [1.54, 1.807) is 0 Å². The fourth-order valence-corrected chi connectivity index (χ4v) is 10.5. The van der Waals surface area contributed by atoms with Crippen LogP contribution in [0.5, 0.6) is 0 Å². The van der Waals surface area contributed by atoms with Crippen molar-refractivity contribution in [1.82, 2.24) is 0 Å². The molecule has 0 atom stereocenters. The Morgan fingerprint density at radius 1 is 0.362 bits per heavy atom. The molecular formula is C57H55N. The normalized spacial score (nSPS) is 16.4. The first-order chi connectivity index (χ1) is 28.5. The molecule has 0 amide bonds. The minimum atomic E-state index is -0.0771. The Bertz CT molecular complexity index is 2510. The van der Waals surface area contributed by atoms with Crippen LogP contribution in [0.3, 0.4) is 0 Å². The summed E-state index contributed by atoms with van der Waals surface area (Å²) in [5.74, 6) is 1.45. The number of anilines is 3. The Morgan fingerprint density at radius 3 is 1.31 bits per heavy atom. The highest BCUT2D eigenvalue weighted by atomic mass is 15.1. The van der Waals surface area contributed by atoms with Crippen molar-refractivity contribution in [1.29, 1.82) is 0 Å². The van der Waals surface area contributed by atoms with Crippen molar-refractivity contribution in [2.75, 3.05) is 4.90 Å². The van der Waals surface area contributed by atoms with E-state index in [4.69, 9.17) is 0 Å². The average molecular weight is 754 g/mol. The lowest BCUT2D eigenvalue weighted by Gasteiger charge is -2.28. The molecular weight excluding hydrogens is 699 g/mol. The number of fused-ring (bicyclic) bond motifs is 3. The van der Waals surface area contributed by atoms with Gasteiger partial charge in [-0.25, -0.2) is 0 Å². The lowest BCUT2D eigenvalue weighted by atomic mass is 9.82. The summed E-state index contributed by atoms with van der Waals surface area (Å²) < 4.78 is 0. The zero-order valence-corrected chi connectivity index (χ0v) is 34.3. The van der Waals surface area contributed by atoms with Gasteiger partial charge in [-0.1, -0.05) is 174 Å². The number of benzene rings is 7. The van der Waals surface area contributed by atoms with Gasteiger partial charge in [0.2, 0.25) is 0 Å². The molecule has 3 aliphatic carbocycles. The van der Waals surface area contributed by atoms with Gasteiger partial charge in [-0.05, 0) is 147 Å². The first kappa shape index (κ1) is 36.7. The third-order valence-electron chi connectivity index (χ3n) is 13.9. The van der Waals surface area contributed by atoms with Crippen molar-refractivity contribution in [2.24, 2.45) is 0 Å². The second-order valence-corrected chi connectivity index (χ2v) is 17.8. The summed E-state index contributed by atoms with van der Waals surface area (Å²) in [4.78, 5) is 2.43. The molecule has 0 unspecified atom stereocenters. The molecule has 0 radical (unpaired) electrons. The smallest absolute Gasteiger partial charge is 0.0465 e. The number of hydrogen-bond donors (Lipinski definition) is 0. The van der Waals surface area contributed by atoms with E-state index < -0.39 is 0 Å². The fourth-order valence-electron chi connectivity index (χ4n) is 10.5. The quantitative estimate of drug-likeness (QED) is 0.149. The van der Waals surface area contributed by atoms with Crippen molar-refractivity contribution in [3.8, 4) is 44.5 Å². The predicted octanol–water partition coefficient (Wildman–Crippen LogP) is 16.6. The van der Waals surface area contributed by atoms with E-state index in [0.717, 1.165) is 23.2 Å². The highest BCUT2D eigenvalue weighted by molar-refractivity contribution is 5.86. The maximum atomic E-state index is 2.43. The first-order valence-electron chi connectivity index (χ1n) is 22.1. The molecule has 2 saturated carbocycles. The zero-order valence-electron chi connectivity index (χ0n) is 34.3. The van der Waals surface area contributed by atoms with Crippen LogP contribution in [-0.2, 0) is 5.41 Å². The summed E-state index contributed by atoms with van der Waals surface area (Å²) in [7, 11) is 0. The summed E-state index contributed by atoms with van der Waals surface area (Å²) in [6, 6.07) is 62.3. The monoisotopic (exact) mass is 753 g/mol. The summed E-state index contributed by atoms with van der Waals surface area (Å²) in [6.45, 7) is 4.74. The molecule has 0 aliphatic heterocycles. The van der Waals surface area contributed by atoms with E-state index in [1.807, 2.05) is 0 Å². The predicted molar refractivity (Wildman–Crippen MR) is 247 cm³/mol. The molecule has 1 heteroatoms. The molecule has 2 fully saturated rings. The standard InChI is InChI=1S/C57H55N/c1-57(2)55-19-10-9-18-53(55)54-37-36-52(39-56(54)57)58(50-32-28-45(29-33-50)44-22-20-42(21-23-44)40-12-5-3-6-13-40)51-34-30-47(31-35-51)49-17-11-16-48(38-49)46-26-24-43(25-27-46)41-14-7-4-8-15-41/h9-11,16-41H,3-8,12-15H2,1-2H3. The van der Waals surface area contributed by atoms with Crippen LogP contribution < -0.4 is 4.90 Å². The first-order valence-corrected chi connectivity index (χ1v) is 22.1. The maximum absolute atomic E-state index is 2.43. The van der Waals surface area contributed by atoms with Crippen LogP contribution in [0.25, 0.3) is 44.5 Å². The molecule has 0 N–H and O–H groups in total. The molecule has 288 valence electrons. The molecule has 0 aromatic heterocycles. The molecule has 0 heterocycles. The van der Waals surface area contributed by atoms with Gasteiger partial charge >= 0.3 is 0 Å². The van der Waals surface area contributed by atoms with Crippen molar-refractivity contribution in [2.45, 2.75) is 95.3 Å². The summed E-state index contributed by atoms with van der Waals surface area (Å²) >= 11 is 0. The lowest BCUT2D eigenvalue weighted by Crippen LogP contribution is -2.16. The largest absolute Gasteiger partial charge is 0.310 e. The van der Waals surface area contributed by atoms with Crippen molar-refractivity contribution in [3.05, 3.63) is 186 Å². The second-order valence-electron chi connectivity index (χ2n) is 17.8. The van der Waals surface area contributed by atoms with Gasteiger partial charge < -0.3 is 4.90 Å². The van der Waals surface area contributed by atoms with Gasteiger partial charge in [-0.2, -0.15) is 0 Å². The Kier molecular flexibility index (Phi) is 9.86. The number of nitrogens with zero attached hydrogens (tertiary/aromatic N) is 1. The van der Waals surface area contributed by atoms with Gasteiger partial charge in [0.15, 0.2) is 0 Å². The van der Waals surface area contributed by atoms with E-state index in [0.29, 0.717) is 0 Å². The van der Waals surface area contributed by atoms with Gasteiger partial charge in [0.1, 0.15) is 0 Å². The third kappa shape index (κ3) is 7.00. The summed E-state index contributed by atoms with van der Waals surface area (Å²) in [6.07, 6.45) is 13.6. The van der Waals surface area contributed by atoms with Gasteiger partial charge in [0.05, 0.1) is 0 Å². The van der Waals surface area contributed by atoms with E-state index in [1.165, 1.54) is 137 Å². The van der Waals surface area contributed by atoms with Crippen LogP contribution in [0.1, 0.15) is 112 Å². The Labute approximate surface area is 346 Å². The van der Waals surface area contributed by atoms with Crippen LogP contribution in [0.4, 0.5) is 17.1 Å². The summed E-state index contributed by atoms with van der Waals surface area (Å²) in [5, 5.41) is 0. The molecule has 3 aliphatic rings. The molecule has 0 bridgehead atoms. The topological polar surface area (TPSA) is 3.24 Å². The fraction of sp³-hybridized carbons (Fsp3) is 0.263. The average Bonchev–Trinajstić information content (AvgIpc) is 3.53. The van der Waals surface area contributed by atoms with Crippen LogP contribution in [-0.4, -0.2) is 0 Å². The van der Waals surface area contributed by atoms with Crippen molar-refractivity contribution in [3.63, 3.8) is 0 Å². The van der Waals surface area contributed by atoms with Crippen LogP contribution in [0, 0.1) is 0 Å². The highest BCUT2D eigenvalue weighted by Gasteiger charge is 2.35. The Balaban J connectivity index is 0.968.